The minimum Gasteiger partial charge on any atom is -0.465 e. The lowest BCUT2D eigenvalue weighted by atomic mass is 10.0. The third-order valence-corrected chi connectivity index (χ3v) is 12.3. The highest BCUT2D eigenvalue weighted by atomic mass is 32.1. The van der Waals surface area contributed by atoms with E-state index in [2.05, 4.69) is 20.9 Å². The van der Waals surface area contributed by atoms with Crippen LogP contribution in [0.2, 0.25) is 0 Å². The topological polar surface area (TPSA) is 186 Å². The van der Waals surface area contributed by atoms with E-state index in [1.807, 2.05) is 66.9 Å². The van der Waals surface area contributed by atoms with Crippen molar-refractivity contribution in [2.24, 2.45) is 0 Å². The van der Waals surface area contributed by atoms with Crippen LogP contribution in [0.3, 0.4) is 0 Å². The number of carbonyl (C=O) groups is 5. The van der Waals surface area contributed by atoms with Gasteiger partial charge in [0.05, 0.1) is 17.0 Å². The van der Waals surface area contributed by atoms with Gasteiger partial charge < -0.3 is 40.6 Å². The maximum Gasteiger partial charge on any atom is 0.408 e. The lowest BCUT2D eigenvalue weighted by molar-refractivity contribution is -0.138. The Kier molecular flexibility index (Phi) is 12.3. The second-order valence-electron chi connectivity index (χ2n) is 15.7. The van der Waals surface area contributed by atoms with Gasteiger partial charge in [-0.15, -0.1) is 11.3 Å². The van der Waals surface area contributed by atoms with Crippen LogP contribution >= 0.6 is 11.3 Å². The second-order valence-corrected chi connectivity index (χ2v) is 16.8. The molecule has 2 saturated heterocycles. The van der Waals surface area contributed by atoms with Crippen molar-refractivity contribution < 1.29 is 33.8 Å². The van der Waals surface area contributed by atoms with E-state index in [0.717, 1.165) is 50.5 Å². The summed E-state index contributed by atoms with van der Waals surface area (Å²) < 4.78 is 5.28. The van der Waals surface area contributed by atoms with E-state index in [1.54, 1.807) is 72.2 Å². The predicted octanol–water partition coefficient (Wildman–Crippen LogP) is 8.44. The van der Waals surface area contributed by atoms with Crippen LogP contribution in [-0.2, 0) is 19.1 Å². The number of amides is 5. The largest absolute Gasteiger partial charge is 0.465 e. The third kappa shape index (κ3) is 9.17. The first-order valence-corrected chi connectivity index (χ1v) is 21.5. The normalized spacial score (nSPS) is 17.1. The number of rotatable bonds is 12. The number of ether oxygens (including phenoxy) is 1. The molecule has 318 valence electrons. The zero-order valence-electron chi connectivity index (χ0n) is 34.2. The van der Waals surface area contributed by atoms with Crippen molar-refractivity contribution in [3.8, 4) is 21.7 Å². The first-order valence-electron chi connectivity index (χ1n) is 20.7. The molecule has 0 aliphatic carbocycles. The fraction of sp³-hybridized carbons (Fsp3) is 0.277. The van der Waals surface area contributed by atoms with Gasteiger partial charge in [0, 0.05) is 41.6 Å². The zero-order chi connectivity index (χ0) is 43.3. The van der Waals surface area contributed by atoms with Crippen molar-refractivity contribution in [2.75, 3.05) is 18.4 Å². The van der Waals surface area contributed by atoms with Crippen LogP contribution in [0.25, 0.3) is 32.6 Å². The molecule has 6 aromatic rings. The van der Waals surface area contributed by atoms with E-state index in [1.165, 1.54) is 11.3 Å². The molecule has 15 heteroatoms. The summed E-state index contributed by atoms with van der Waals surface area (Å²) in [5, 5.41) is 19.4. The molecular weight excluding hydrogens is 807 g/mol. The number of fused-ring (bicyclic) bond motifs is 1. The van der Waals surface area contributed by atoms with Gasteiger partial charge in [0.1, 0.15) is 23.1 Å². The molecule has 0 saturated carbocycles. The number of H-pyrrole nitrogens is 1. The van der Waals surface area contributed by atoms with Gasteiger partial charge in [-0.25, -0.2) is 14.6 Å². The monoisotopic (exact) mass is 853 g/mol. The number of thiazole rings is 1. The summed E-state index contributed by atoms with van der Waals surface area (Å²) in [7, 11) is 0. The molecule has 5 N–H and O–H groups in total. The molecule has 2 aliphatic heterocycles. The van der Waals surface area contributed by atoms with Crippen LogP contribution in [0.1, 0.15) is 73.8 Å². The Morgan fingerprint density at radius 2 is 1.40 bits per heavy atom. The molecule has 2 aromatic heterocycles. The summed E-state index contributed by atoms with van der Waals surface area (Å²) in [5.41, 5.74) is 5.50. The summed E-state index contributed by atoms with van der Waals surface area (Å²) in [4.78, 5) is 78.2. The van der Waals surface area contributed by atoms with Gasteiger partial charge in [0.25, 0.3) is 11.8 Å². The van der Waals surface area contributed by atoms with Gasteiger partial charge in [0.2, 0.25) is 5.91 Å². The summed E-state index contributed by atoms with van der Waals surface area (Å²) >= 11 is 1.53. The van der Waals surface area contributed by atoms with Gasteiger partial charge in [-0.1, -0.05) is 84.9 Å². The van der Waals surface area contributed by atoms with Crippen molar-refractivity contribution in [3.63, 3.8) is 0 Å². The van der Waals surface area contributed by atoms with Crippen molar-refractivity contribution in [2.45, 2.75) is 69.8 Å². The maximum atomic E-state index is 14.0. The third-order valence-electron chi connectivity index (χ3n) is 11.2. The summed E-state index contributed by atoms with van der Waals surface area (Å²) in [6, 6.07) is 30.6. The smallest absolute Gasteiger partial charge is 0.408 e. The molecule has 8 rings (SSSR count). The van der Waals surface area contributed by atoms with Crippen LogP contribution in [0, 0.1) is 0 Å². The lowest BCUT2D eigenvalue weighted by Gasteiger charge is -2.29. The van der Waals surface area contributed by atoms with E-state index < -0.39 is 30.3 Å². The zero-order valence-corrected chi connectivity index (χ0v) is 35.1. The van der Waals surface area contributed by atoms with E-state index in [9.17, 15) is 29.1 Å². The number of nitrogens with zero attached hydrogens (tertiary/aromatic N) is 3. The molecule has 5 amide bonds. The number of benzene rings is 4. The summed E-state index contributed by atoms with van der Waals surface area (Å²) in [5.74, 6) is -0.974. The number of anilines is 1. The number of alkyl carbamates (subject to hydrolysis) is 1. The molecule has 0 bridgehead atoms. The van der Waals surface area contributed by atoms with Crippen LogP contribution in [0.5, 0.6) is 0 Å². The molecule has 14 nitrogen and oxygen atoms in total. The maximum absolute atomic E-state index is 14.0. The van der Waals surface area contributed by atoms with Gasteiger partial charge in [-0.3, -0.25) is 14.4 Å². The predicted molar refractivity (Wildman–Crippen MR) is 236 cm³/mol. The summed E-state index contributed by atoms with van der Waals surface area (Å²) in [6.07, 6.45) is 2.15. The van der Waals surface area contributed by atoms with Crippen LogP contribution in [-0.4, -0.2) is 80.0 Å². The number of aromatic amines is 1. The Morgan fingerprint density at radius 1 is 0.774 bits per heavy atom. The van der Waals surface area contributed by atoms with E-state index in [0.29, 0.717) is 42.7 Å². The Labute approximate surface area is 362 Å². The molecular formula is C47H47N7O7S. The summed E-state index contributed by atoms with van der Waals surface area (Å²) in [6.45, 7) is 4.36. The number of aromatic nitrogens is 2. The highest BCUT2D eigenvalue weighted by molar-refractivity contribution is 7.15. The van der Waals surface area contributed by atoms with E-state index >= 15 is 0 Å². The molecule has 62 heavy (non-hydrogen) atoms. The van der Waals surface area contributed by atoms with Crippen LogP contribution < -0.4 is 16.0 Å². The van der Waals surface area contributed by atoms with Crippen molar-refractivity contribution in [1.29, 1.82) is 0 Å². The van der Waals surface area contributed by atoms with Gasteiger partial charge in [-0.2, -0.15) is 0 Å². The standard InChI is InChI=1S/C47H47N7O7S/c1-28(2)61-47(60)52-41(32-13-7-4-8-14-32)45(57)53-23-9-15-37(53)42(55)49-34-21-22-35-33(25-34)26-36(50-35)29-17-19-30(20-18-29)39-27-48-43(62-39)38-16-10-24-54(38)44(56)40(51-46(58)59)31-11-5-3-6-12-31/h3-8,11-14,17-22,25-28,37-38,40-41,50-51H,9-10,15-16,23-24H2,1-2H3,(H,49,55)(H,52,60)(H,58,59)/t37-,38-,40+,41+/m0/s1. The average Bonchev–Trinajstić information content (AvgIpc) is 4.11. The highest BCUT2D eigenvalue weighted by Gasteiger charge is 2.39. The average molecular weight is 854 g/mol. The SMILES string of the molecule is CC(C)OC(=O)N[C@@H](C(=O)N1CCC[C@H]1C(=O)Nc1ccc2[nH]c(-c3ccc(-c4cnc([C@@H]5CCCN5C(=O)[C@H](NC(=O)O)c5ccccc5)s4)cc3)cc2c1)c1ccccc1. The fourth-order valence-corrected chi connectivity index (χ4v) is 9.33. The molecule has 2 aliphatic rings. The van der Waals surface area contributed by atoms with Crippen LogP contribution in [0.15, 0.2) is 115 Å². The second kappa shape index (κ2) is 18.3. The van der Waals surface area contributed by atoms with Crippen molar-refractivity contribution in [3.05, 3.63) is 132 Å². The first kappa shape index (κ1) is 41.7. The van der Waals surface area contributed by atoms with Gasteiger partial charge >= 0.3 is 12.2 Å². The molecule has 4 atom stereocenters. The number of carboxylic acid groups (broad SMARTS) is 1. The van der Waals surface area contributed by atoms with Crippen molar-refractivity contribution >= 4 is 57.8 Å². The minimum absolute atomic E-state index is 0.251. The molecule has 0 unspecified atom stereocenters. The van der Waals surface area contributed by atoms with E-state index in [4.69, 9.17) is 9.72 Å². The molecule has 2 fully saturated rings. The van der Waals surface area contributed by atoms with Crippen LogP contribution in [0.4, 0.5) is 15.3 Å². The Hall–Kier alpha value is -7.00. The number of hydrogen-bond donors (Lipinski definition) is 5. The highest BCUT2D eigenvalue weighted by Crippen LogP contribution is 2.39. The minimum atomic E-state index is -1.26. The van der Waals surface area contributed by atoms with Gasteiger partial charge in [-0.05, 0) is 86.1 Å². The van der Waals surface area contributed by atoms with Crippen molar-refractivity contribution in [1.82, 2.24) is 30.4 Å². The molecule has 4 aromatic carbocycles. The Bertz CT molecular complexity index is 2580. The number of carbonyl (C=O) groups excluding carboxylic acids is 4. The lowest BCUT2D eigenvalue weighted by Crippen LogP contribution is -2.48. The fourth-order valence-electron chi connectivity index (χ4n) is 8.26. The number of likely N-dealkylation sites (tertiary alicyclic amines) is 2. The number of hydrogen-bond acceptors (Lipinski definition) is 8. The Balaban J connectivity index is 0.928. The van der Waals surface area contributed by atoms with Gasteiger partial charge in [0.15, 0.2) is 0 Å². The van der Waals surface area contributed by atoms with E-state index in [-0.39, 0.29) is 29.9 Å². The molecule has 0 radical (unpaired) electrons. The molecule has 0 spiro atoms. The Morgan fingerprint density at radius 3 is 2.08 bits per heavy atom. The first-order chi connectivity index (χ1) is 30.0. The molecule has 4 heterocycles. The quantitative estimate of drug-likeness (QED) is 0.0812. The number of nitrogens with one attached hydrogen (secondary N) is 4.